The number of thioether (sulfide) groups is 1. The lowest BCUT2D eigenvalue weighted by Crippen LogP contribution is -2.31. The molecular weight excluding hydrogens is 593 g/mol. The van der Waals surface area contributed by atoms with E-state index in [2.05, 4.69) is 10.2 Å². The van der Waals surface area contributed by atoms with Gasteiger partial charge < -0.3 is 19.0 Å². The summed E-state index contributed by atoms with van der Waals surface area (Å²) >= 11 is 2.51. The lowest BCUT2D eigenvalue weighted by Gasteiger charge is -2.24. The number of benzene rings is 3. The average Bonchev–Trinajstić information content (AvgIpc) is 3.73. The highest BCUT2D eigenvalue weighted by Gasteiger charge is 2.47. The topological polar surface area (TPSA) is 115 Å². The van der Waals surface area contributed by atoms with Crippen molar-refractivity contribution in [3.05, 3.63) is 107 Å². The van der Waals surface area contributed by atoms with Gasteiger partial charge in [0.1, 0.15) is 11.6 Å². The Balaban J connectivity index is 1.38. The maximum absolute atomic E-state index is 14.0. The third-order valence-corrected chi connectivity index (χ3v) is 8.89. The number of Topliss-reactive ketones (excluding diaryl/α,β-unsaturated/α-hetero) is 1. The molecule has 1 N–H and O–H groups in total. The molecule has 1 unspecified atom stereocenters. The molecule has 6 rings (SSSR count). The first-order chi connectivity index (χ1) is 20.9. The van der Waals surface area contributed by atoms with Gasteiger partial charge in [0, 0.05) is 11.1 Å². The van der Waals surface area contributed by atoms with Gasteiger partial charge in [-0.25, -0.2) is 4.39 Å². The number of nitrogens with zero attached hydrogens (tertiary/aromatic N) is 3. The summed E-state index contributed by atoms with van der Waals surface area (Å²) in [7, 11) is 1.50. The minimum atomic E-state index is -1.04. The average molecular weight is 618 g/mol. The predicted molar refractivity (Wildman–Crippen MR) is 160 cm³/mol. The molecular formula is C31H24FN3O6S2. The number of hydrogen-bond donors (Lipinski definition) is 1. The Labute approximate surface area is 253 Å². The van der Waals surface area contributed by atoms with E-state index in [1.165, 1.54) is 35.9 Å². The molecule has 218 valence electrons. The van der Waals surface area contributed by atoms with Crippen LogP contribution in [-0.2, 0) is 10.5 Å². The Morgan fingerprint density at radius 3 is 2.67 bits per heavy atom. The van der Waals surface area contributed by atoms with Crippen LogP contribution in [0.2, 0.25) is 0 Å². The molecule has 5 aromatic rings. The van der Waals surface area contributed by atoms with Crippen molar-refractivity contribution in [2.75, 3.05) is 18.6 Å². The molecule has 0 bridgehead atoms. The van der Waals surface area contributed by atoms with Crippen LogP contribution in [0.3, 0.4) is 0 Å². The van der Waals surface area contributed by atoms with Crippen molar-refractivity contribution in [1.29, 1.82) is 0 Å². The van der Waals surface area contributed by atoms with Crippen molar-refractivity contribution < 1.29 is 33.0 Å². The van der Waals surface area contributed by atoms with E-state index in [4.69, 9.17) is 13.9 Å². The Bertz CT molecular complexity index is 1870. The molecule has 1 amide bonds. The summed E-state index contributed by atoms with van der Waals surface area (Å²) in [6.07, 6.45) is 0. The first-order valence-electron chi connectivity index (χ1n) is 13.2. The number of aliphatic hydroxyl groups is 1. The molecule has 0 saturated heterocycles. The highest BCUT2D eigenvalue weighted by Crippen LogP contribution is 2.45. The molecule has 1 aliphatic heterocycles. The number of hydrogen-bond acceptors (Lipinski definition) is 10. The van der Waals surface area contributed by atoms with Crippen LogP contribution in [0, 0.1) is 5.82 Å². The molecule has 2 aromatic heterocycles. The fraction of sp³-hybridized carbons (Fsp3) is 0.161. The zero-order valence-corrected chi connectivity index (χ0v) is 24.6. The van der Waals surface area contributed by atoms with Crippen LogP contribution in [0.25, 0.3) is 11.0 Å². The SMILES string of the molecule is CCOc1cccc(C2C(C(=O)c3cc4cccc(OC)c4o3)=C(O)C(=O)N2c2nnc(SCc3ccc(F)cc3)s2)c1. The number of fused-ring (bicyclic) bond motifs is 1. The number of para-hydroxylation sites is 1. The number of aliphatic hydroxyl groups excluding tert-OH is 1. The third kappa shape index (κ3) is 5.46. The van der Waals surface area contributed by atoms with Crippen molar-refractivity contribution in [2.45, 2.75) is 23.1 Å². The molecule has 0 saturated carbocycles. The second-order valence-corrected chi connectivity index (χ2v) is 11.6. The van der Waals surface area contributed by atoms with Gasteiger partial charge in [0.15, 0.2) is 27.2 Å². The van der Waals surface area contributed by atoms with Crippen LogP contribution in [0.15, 0.2) is 92.9 Å². The summed E-state index contributed by atoms with van der Waals surface area (Å²) in [5.74, 6) is -1.06. The van der Waals surface area contributed by atoms with Gasteiger partial charge in [0.2, 0.25) is 10.9 Å². The number of anilines is 1. The Morgan fingerprint density at radius 1 is 1.12 bits per heavy atom. The van der Waals surface area contributed by atoms with Crippen molar-refractivity contribution >= 4 is 50.9 Å². The van der Waals surface area contributed by atoms with Gasteiger partial charge in [-0.05, 0) is 54.4 Å². The molecule has 0 spiro atoms. The van der Waals surface area contributed by atoms with E-state index < -0.39 is 23.5 Å². The van der Waals surface area contributed by atoms with Crippen LogP contribution < -0.4 is 14.4 Å². The molecule has 0 radical (unpaired) electrons. The number of amides is 1. The number of rotatable bonds is 10. The minimum Gasteiger partial charge on any atom is -0.503 e. The molecule has 0 fully saturated rings. The van der Waals surface area contributed by atoms with Crippen LogP contribution in [-0.4, -0.2) is 40.7 Å². The summed E-state index contributed by atoms with van der Waals surface area (Å²) in [6.45, 7) is 2.26. The number of carbonyl (C=O) groups is 2. The van der Waals surface area contributed by atoms with Gasteiger partial charge in [-0.15, -0.1) is 10.2 Å². The highest BCUT2D eigenvalue weighted by atomic mass is 32.2. The number of furan rings is 1. The molecule has 43 heavy (non-hydrogen) atoms. The van der Waals surface area contributed by atoms with Gasteiger partial charge in [-0.2, -0.15) is 0 Å². The maximum Gasteiger partial charge on any atom is 0.296 e. The zero-order chi connectivity index (χ0) is 30.1. The fourth-order valence-corrected chi connectivity index (χ4v) is 6.64. The van der Waals surface area contributed by atoms with E-state index in [1.807, 2.05) is 6.92 Å². The van der Waals surface area contributed by atoms with E-state index >= 15 is 0 Å². The van der Waals surface area contributed by atoms with E-state index in [-0.39, 0.29) is 22.3 Å². The second-order valence-electron chi connectivity index (χ2n) is 9.43. The number of ketones is 1. The third-order valence-electron chi connectivity index (χ3n) is 6.77. The van der Waals surface area contributed by atoms with E-state index in [1.54, 1.807) is 60.7 Å². The molecule has 1 aliphatic rings. The minimum absolute atomic E-state index is 0.0607. The molecule has 12 heteroatoms. The Hall–Kier alpha value is -4.68. The number of methoxy groups -OCH3 is 1. The second kappa shape index (κ2) is 11.9. The van der Waals surface area contributed by atoms with Gasteiger partial charge >= 0.3 is 0 Å². The maximum atomic E-state index is 14.0. The number of aromatic nitrogens is 2. The van der Waals surface area contributed by atoms with Gasteiger partial charge in [0.25, 0.3) is 5.91 Å². The zero-order valence-electron chi connectivity index (χ0n) is 22.9. The van der Waals surface area contributed by atoms with Crippen molar-refractivity contribution in [2.24, 2.45) is 0 Å². The Morgan fingerprint density at radius 2 is 1.91 bits per heavy atom. The fourth-order valence-electron chi connectivity index (χ4n) is 4.82. The highest BCUT2D eigenvalue weighted by molar-refractivity contribution is 8.00. The molecule has 9 nitrogen and oxygen atoms in total. The summed E-state index contributed by atoms with van der Waals surface area (Å²) in [5, 5.41) is 20.5. The lowest BCUT2D eigenvalue weighted by atomic mass is 9.95. The molecule has 0 aliphatic carbocycles. The molecule has 3 heterocycles. The summed E-state index contributed by atoms with van der Waals surface area (Å²) < 4.78 is 30.8. The van der Waals surface area contributed by atoms with Crippen LogP contribution in [0.5, 0.6) is 11.5 Å². The van der Waals surface area contributed by atoms with Gasteiger partial charge in [-0.3, -0.25) is 14.5 Å². The first kappa shape index (κ1) is 28.4. The van der Waals surface area contributed by atoms with Crippen molar-refractivity contribution in [3.63, 3.8) is 0 Å². The summed E-state index contributed by atoms with van der Waals surface area (Å²) in [5.41, 5.74) is 1.63. The largest absolute Gasteiger partial charge is 0.503 e. The molecule has 3 aromatic carbocycles. The first-order valence-corrected chi connectivity index (χ1v) is 15.0. The Kier molecular flexibility index (Phi) is 7.87. The van der Waals surface area contributed by atoms with Crippen LogP contribution in [0.4, 0.5) is 9.52 Å². The predicted octanol–water partition coefficient (Wildman–Crippen LogP) is 6.91. The standard InChI is InChI=1S/C31H24FN3O6S2/c1-3-40-21-8-4-6-18(14-21)25-24(26(36)23-15-19-7-5-9-22(39-2)28(19)41-23)27(37)29(38)35(25)30-33-34-31(43-30)42-16-17-10-12-20(32)13-11-17/h4-15,25,37H,3,16H2,1-2H3. The van der Waals surface area contributed by atoms with Crippen molar-refractivity contribution in [1.82, 2.24) is 10.2 Å². The number of ether oxygens (including phenoxy) is 2. The molecule has 1 atom stereocenters. The lowest BCUT2D eigenvalue weighted by molar-refractivity contribution is -0.117. The van der Waals surface area contributed by atoms with Gasteiger partial charge in [0.05, 0.1) is 25.3 Å². The smallest absolute Gasteiger partial charge is 0.296 e. The number of halogens is 1. The van der Waals surface area contributed by atoms with Gasteiger partial charge in [-0.1, -0.05) is 59.5 Å². The van der Waals surface area contributed by atoms with E-state index in [9.17, 15) is 19.1 Å². The summed E-state index contributed by atoms with van der Waals surface area (Å²) in [4.78, 5) is 28.9. The quantitative estimate of drug-likeness (QED) is 0.101. The van der Waals surface area contributed by atoms with Crippen LogP contribution in [0.1, 0.15) is 34.6 Å². The number of carbonyl (C=O) groups excluding carboxylic acids is 2. The van der Waals surface area contributed by atoms with Crippen molar-refractivity contribution in [3.8, 4) is 11.5 Å². The van der Waals surface area contributed by atoms with Crippen LogP contribution >= 0.6 is 23.1 Å². The van der Waals surface area contributed by atoms with E-state index in [0.29, 0.717) is 44.7 Å². The monoisotopic (exact) mass is 617 g/mol. The van der Waals surface area contributed by atoms with E-state index in [0.717, 1.165) is 16.9 Å². The normalized spacial score (nSPS) is 15.0. The summed E-state index contributed by atoms with van der Waals surface area (Å²) in [6, 6.07) is 18.9.